The molecule has 0 unspecified atom stereocenters. The van der Waals surface area contributed by atoms with Crippen molar-refractivity contribution in [2.75, 3.05) is 0 Å². The molecule has 0 bridgehead atoms. The van der Waals surface area contributed by atoms with Crippen LogP contribution < -0.4 is 5.63 Å². The molecule has 3 aromatic rings. The van der Waals surface area contributed by atoms with Gasteiger partial charge in [-0.25, -0.2) is 9.59 Å². The molecule has 0 aliphatic rings. The zero-order valence-corrected chi connectivity index (χ0v) is 13.4. The van der Waals surface area contributed by atoms with Gasteiger partial charge >= 0.3 is 11.6 Å². The van der Waals surface area contributed by atoms with Crippen LogP contribution in [0.2, 0.25) is 0 Å². The topological polar surface area (TPSA) is 76.7 Å². The van der Waals surface area contributed by atoms with Gasteiger partial charge in [0.1, 0.15) is 17.9 Å². The lowest BCUT2D eigenvalue weighted by Gasteiger charge is -2.07. The minimum absolute atomic E-state index is 0.0102. The van der Waals surface area contributed by atoms with E-state index < -0.39 is 11.6 Å². The number of esters is 1. The molecule has 1 aromatic heterocycles. The van der Waals surface area contributed by atoms with Crippen molar-refractivity contribution >= 4 is 32.9 Å². The van der Waals surface area contributed by atoms with Gasteiger partial charge in [0.2, 0.25) is 0 Å². The van der Waals surface area contributed by atoms with Gasteiger partial charge in [-0.15, -0.1) is 0 Å². The molecule has 23 heavy (non-hydrogen) atoms. The van der Waals surface area contributed by atoms with Crippen LogP contribution in [-0.4, -0.2) is 11.1 Å². The van der Waals surface area contributed by atoms with Crippen molar-refractivity contribution < 1.29 is 19.1 Å². The van der Waals surface area contributed by atoms with Crippen LogP contribution in [0.3, 0.4) is 0 Å². The molecule has 0 fully saturated rings. The highest BCUT2D eigenvalue weighted by atomic mass is 79.9. The van der Waals surface area contributed by atoms with Gasteiger partial charge in [0.05, 0.1) is 5.56 Å². The minimum atomic E-state index is -0.573. The number of carbonyl (C=O) groups is 1. The molecule has 0 saturated heterocycles. The lowest BCUT2D eigenvalue weighted by molar-refractivity contribution is 0.0473. The Hall–Kier alpha value is -2.60. The summed E-state index contributed by atoms with van der Waals surface area (Å²) in [5.41, 5.74) is 0.589. The third-order valence-corrected chi connectivity index (χ3v) is 3.73. The molecular formula is C17H11BrO5. The van der Waals surface area contributed by atoms with Crippen molar-refractivity contribution in [2.24, 2.45) is 0 Å². The third kappa shape index (κ3) is 3.43. The Labute approximate surface area is 139 Å². The number of phenols is 1. The van der Waals surface area contributed by atoms with Crippen LogP contribution in [0.1, 0.15) is 15.9 Å². The number of hydrogen-bond acceptors (Lipinski definition) is 5. The van der Waals surface area contributed by atoms with E-state index in [4.69, 9.17) is 9.15 Å². The largest absolute Gasteiger partial charge is 0.508 e. The van der Waals surface area contributed by atoms with Crippen LogP contribution in [-0.2, 0) is 11.3 Å². The van der Waals surface area contributed by atoms with E-state index in [0.29, 0.717) is 16.5 Å². The Balaban J connectivity index is 1.87. The first-order valence-corrected chi connectivity index (χ1v) is 7.51. The summed E-state index contributed by atoms with van der Waals surface area (Å²) in [6.45, 7) is -0.0712. The molecule has 0 aliphatic carbocycles. The number of fused-ring (bicyclic) bond motifs is 1. The van der Waals surface area contributed by atoms with E-state index in [2.05, 4.69) is 15.9 Å². The van der Waals surface area contributed by atoms with E-state index in [9.17, 15) is 14.7 Å². The van der Waals surface area contributed by atoms with Crippen molar-refractivity contribution in [1.29, 1.82) is 0 Å². The van der Waals surface area contributed by atoms with Crippen LogP contribution in [0.4, 0.5) is 0 Å². The van der Waals surface area contributed by atoms with Gasteiger partial charge in [0.15, 0.2) is 0 Å². The molecule has 0 atom stereocenters. The summed E-state index contributed by atoms with van der Waals surface area (Å²) in [7, 11) is 0. The number of benzene rings is 2. The highest BCUT2D eigenvalue weighted by Gasteiger charge is 2.11. The van der Waals surface area contributed by atoms with Crippen LogP contribution in [0.5, 0.6) is 5.75 Å². The van der Waals surface area contributed by atoms with E-state index >= 15 is 0 Å². The molecule has 1 heterocycles. The average Bonchev–Trinajstić information content (AvgIpc) is 2.51. The quantitative estimate of drug-likeness (QED) is 0.559. The third-order valence-electron chi connectivity index (χ3n) is 3.23. The Bertz CT molecular complexity index is 945. The van der Waals surface area contributed by atoms with Gasteiger partial charge in [-0.1, -0.05) is 22.0 Å². The zero-order valence-electron chi connectivity index (χ0n) is 11.8. The molecule has 2 aromatic carbocycles. The first kappa shape index (κ1) is 15.3. The van der Waals surface area contributed by atoms with Crippen molar-refractivity contribution in [3.63, 3.8) is 0 Å². The SMILES string of the molecule is O=C(OCc1cc(=O)oc2cc(O)ccc12)c1cccc(Br)c1. The summed E-state index contributed by atoms with van der Waals surface area (Å²) in [6.07, 6.45) is 0. The summed E-state index contributed by atoms with van der Waals surface area (Å²) in [4.78, 5) is 23.6. The first-order chi connectivity index (χ1) is 11.0. The second kappa shape index (κ2) is 6.26. The second-order valence-electron chi connectivity index (χ2n) is 4.86. The summed E-state index contributed by atoms with van der Waals surface area (Å²) < 4.78 is 11.1. The van der Waals surface area contributed by atoms with Crippen molar-refractivity contribution in [2.45, 2.75) is 6.61 Å². The maximum absolute atomic E-state index is 12.1. The summed E-state index contributed by atoms with van der Waals surface area (Å²) in [6, 6.07) is 12.5. The molecule has 6 heteroatoms. The van der Waals surface area contributed by atoms with Crippen LogP contribution in [0.15, 0.2) is 62.2 Å². The van der Waals surface area contributed by atoms with Gasteiger partial charge in [0.25, 0.3) is 0 Å². The molecule has 0 saturated carbocycles. The minimum Gasteiger partial charge on any atom is -0.508 e. The summed E-state index contributed by atoms with van der Waals surface area (Å²) in [5, 5.41) is 10.1. The van der Waals surface area contributed by atoms with E-state index in [1.54, 1.807) is 30.3 Å². The fourth-order valence-electron chi connectivity index (χ4n) is 2.18. The smallest absolute Gasteiger partial charge is 0.338 e. The van der Waals surface area contributed by atoms with Gasteiger partial charge in [-0.2, -0.15) is 0 Å². The van der Waals surface area contributed by atoms with Crippen molar-refractivity contribution in [3.05, 3.63) is 74.6 Å². The number of ether oxygens (including phenoxy) is 1. The highest BCUT2D eigenvalue weighted by molar-refractivity contribution is 9.10. The number of carbonyl (C=O) groups excluding carboxylic acids is 1. The Kier molecular flexibility index (Phi) is 4.16. The number of halogens is 1. The fraction of sp³-hybridized carbons (Fsp3) is 0.0588. The fourth-order valence-corrected chi connectivity index (χ4v) is 2.58. The van der Waals surface area contributed by atoms with Gasteiger partial charge in [-0.05, 0) is 30.3 Å². The zero-order chi connectivity index (χ0) is 16.4. The maximum Gasteiger partial charge on any atom is 0.338 e. The monoisotopic (exact) mass is 374 g/mol. The molecule has 5 nitrogen and oxygen atoms in total. The van der Waals surface area contributed by atoms with Gasteiger partial charge in [-0.3, -0.25) is 0 Å². The Morgan fingerprint density at radius 2 is 2.00 bits per heavy atom. The van der Waals surface area contributed by atoms with Crippen molar-refractivity contribution in [1.82, 2.24) is 0 Å². The first-order valence-electron chi connectivity index (χ1n) is 6.71. The van der Waals surface area contributed by atoms with Crippen molar-refractivity contribution in [3.8, 4) is 5.75 Å². The summed E-state index contributed by atoms with van der Waals surface area (Å²) in [5.74, 6) is -0.504. The van der Waals surface area contributed by atoms with E-state index in [1.807, 2.05) is 0 Å². The normalized spacial score (nSPS) is 10.7. The van der Waals surface area contributed by atoms with E-state index in [1.165, 1.54) is 18.2 Å². The predicted molar refractivity (Wildman–Crippen MR) is 87.4 cm³/mol. The number of hydrogen-bond donors (Lipinski definition) is 1. The molecule has 3 rings (SSSR count). The average molecular weight is 375 g/mol. The number of rotatable bonds is 3. The Morgan fingerprint density at radius 3 is 2.78 bits per heavy atom. The number of aromatic hydroxyl groups is 1. The molecule has 1 N–H and O–H groups in total. The Morgan fingerprint density at radius 1 is 1.17 bits per heavy atom. The summed E-state index contributed by atoms with van der Waals surface area (Å²) >= 11 is 3.29. The second-order valence-corrected chi connectivity index (χ2v) is 5.77. The van der Waals surface area contributed by atoms with E-state index in [0.717, 1.165) is 4.47 Å². The number of phenolic OH excluding ortho intramolecular Hbond substituents is 1. The highest BCUT2D eigenvalue weighted by Crippen LogP contribution is 2.22. The molecule has 0 aliphatic heterocycles. The molecule has 0 radical (unpaired) electrons. The van der Waals surface area contributed by atoms with Gasteiger partial charge < -0.3 is 14.3 Å². The standard InChI is InChI=1S/C17H11BrO5/c18-12-3-1-2-10(6-12)17(21)22-9-11-7-16(20)23-15-8-13(19)4-5-14(11)15/h1-8,19H,9H2. The van der Waals surface area contributed by atoms with Crippen LogP contribution >= 0.6 is 15.9 Å². The molecule has 0 amide bonds. The van der Waals surface area contributed by atoms with Crippen LogP contribution in [0.25, 0.3) is 11.0 Å². The van der Waals surface area contributed by atoms with Crippen LogP contribution in [0, 0.1) is 0 Å². The molecule has 116 valence electrons. The van der Waals surface area contributed by atoms with Gasteiger partial charge in [0, 0.05) is 27.6 Å². The molecule has 0 spiro atoms. The maximum atomic E-state index is 12.1. The lowest BCUT2D eigenvalue weighted by Crippen LogP contribution is -2.08. The predicted octanol–water partition coefficient (Wildman–Crippen LogP) is 3.62. The lowest BCUT2D eigenvalue weighted by atomic mass is 10.1. The van der Waals surface area contributed by atoms with E-state index in [-0.39, 0.29) is 17.9 Å². The molecular weight excluding hydrogens is 364 g/mol.